The third-order valence-electron chi connectivity index (χ3n) is 4.78. The summed E-state index contributed by atoms with van der Waals surface area (Å²) in [6.07, 6.45) is 0. The molecule has 1 aliphatic heterocycles. The first kappa shape index (κ1) is 17.7. The van der Waals surface area contributed by atoms with Gasteiger partial charge in [0, 0.05) is 42.2 Å². The van der Waals surface area contributed by atoms with Gasteiger partial charge < -0.3 is 10.6 Å². The van der Waals surface area contributed by atoms with E-state index in [9.17, 15) is 4.79 Å². The predicted octanol–water partition coefficient (Wildman–Crippen LogP) is 2.82. The van der Waals surface area contributed by atoms with Crippen molar-refractivity contribution in [1.82, 2.24) is 19.8 Å². The molecule has 0 radical (unpaired) electrons. The summed E-state index contributed by atoms with van der Waals surface area (Å²) >= 11 is 5.99. The molecule has 2 N–H and O–H groups in total. The van der Waals surface area contributed by atoms with Gasteiger partial charge in [0.05, 0.1) is 12.1 Å². The normalized spacial score (nSPS) is 15.2. The Bertz CT molecular complexity index is 985. The van der Waals surface area contributed by atoms with Gasteiger partial charge in [0.1, 0.15) is 11.6 Å². The van der Waals surface area contributed by atoms with Crippen LogP contribution in [0.15, 0.2) is 48.5 Å². The summed E-state index contributed by atoms with van der Waals surface area (Å²) in [7, 11) is 0. The van der Waals surface area contributed by atoms with Crippen LogP contribution in [-0.4, -0.2) is 51.9 Å². The number of rotatable bonds is 3. The zero-order valence-electron chi connectivity index (χ0n) is 14.8. The molecule has 7 heteroatoms. The molecule has 6 nitrogen and oxygen atoms in total. The molecule has 0 bridgehead atoms. The Hall–Kier alpha value is -2.70. The largest absolute Gasteiger partial charge is 0.383 e. The molecule has 1 aromatic heterocycles. The van der Waals surface area contributed by atoms with E-state index in [1.807, 2.05) is 29.2 Å². The summed E-state index contributed by atoms with van der Waals surface area (Å²) in [5.41, 5.74) is 7.55. The van der Waals surface area contributed by atoms with Crippen LogP contribution in [0.2, 0.25) is 5.02 Å². The summed E-state index contributed by atoms with van der Waals surface area (Å²) in [5, 5.41) is 1.45. The Kier molecular flexibility index (Phi) is 4.92. The molecule has 138 valence electrons. The van der Waals surface area contributed by atoms with Gasteiger partial charge in [-0.15, -0.1) is 0 Å². The lowest BCUT2D eigenvalue weighted by Gasteiger charge is -2.34. The van der Waals surface area contributed by atoms with Crippen molar-refractivity contribution in [3.05, 3.63) is 64.9 Å². The quantitative estimate of drug-likeness (QED) is 0.755. The summed E-state index contributed by atoms with van der Waals surface area (Å²) in [5.74, 6) is 1.23. The highest BCUT2D eigenvalue weighted by Gasteiger charge is 2.23. The number of amides is 1. The van der Waals surface area contributed by atoms with Crippen molar-refractivity contribution in [1.29, 1.82) is 0 Å². The molecule has 0 spiro atoms. The number of nitrogens with two attached hydrogens (primary N) is 1. The zero-order chi connectivity index (χ0) is 18.8. The lowest BCUT2D eigenvalue weighted by molar-refractivity contribution is 0.0625. The smallest absolute Gasteiger partial charge is 0.253 e. The van der Waals surface area contributed by atoms with Crippen LogP contribution in [0.25, 0.3) is 10.9 Å². The minimum atomic E-state index is 0.0170. The fourth-order valence-corrected chi connectivity index (χ4v) is 3.53. The van der Waals surface area contributed by atoms with Gasteiger partial charge in [0.25, 0.3) is 5.91 Å². The molecular weight excluding hydrogens is 362 g/mol. The molecule has 1 fully saturated rings. The standard InChI is InChI=1S/C20H20ClN5O/c21-15-5-3-4-14(12-15)20(27)26-10-8-25(9-11-26)13-18-23-17-7-2-1-6-16(17)19(22)24-18/h1-7,12H,8-11,13H2,(H2,22,23,24). The van der Waals surface area contributed by atoms with Crippen molar-refractivity contribution in [2.75, 3.05) is 31.9 Å². The first-order valence-corrected chi connectivity index (χ1v) is 9.26. The molecule has 0 atom stereocenters. The van der Waals surface area contributed by atoms with E-state index in [0.29, 0.717) is 41.9 Å². The van der Waals surface area contributed by atoms with E-state index in [2.05, 4.69) is 14.9 Å². The summed E-state index contributed by atoms with van der Waals surface area (Å²) in [4.78, 5) is 25.8. The Morgan fingerprint density at radius 3 is 2.59 bits per heavy atom. The van der Waals surface area contributed by atoms with Crippen molar-refractivity contribution in [3.63, 3.8) is 0 Å². The second-order valence-electron chi connectivity index (χ2n) is 6.62. The van der Waals surface area contributed by atoms with Crippen LogP contribution >= 0.6 is 11.6 Å². The van der Waals surface area contributed by atoms with Crippen molar-refractivity contribution in [2.24, 2.45) is 0 Å². The topological polar surface area (TPSA) is 75.3 Å². The Morgan fingerprint density at radius 2 is 1.81 bits per heavy atom. The van der Waals surface area contributed by atoms with Crippen molar-refractivity contribution in [2.45, 2.75) is 6.54 Å². The number of nitrogen functional groups attached to an aromatic ring is 1. The first-order valence-electron chi connectivity index (χ1n) is 8.88. The van der Waals surface area contributed by atoms with Crippen LogP contribution in [0.1, 0.15) is 16.2 Å². The molecule has 2 aromatic carbocycles. The molecule has 2 heterocycles. The maximum atomic E-state index is 12.6. The lowest BCUT2D eigenvalue weighted by Crippen LogP contribution is -2.48. The number of carbonyl (C=O) groups excluding carboxylic acids is 1. The fraction of sp³-hybridized carbons (Fsp3) is 0.250. The molecule has 4 rings (SSSR count). The number of fused-ring (bicyclic) bond motifs is 1. The number of piperazine rings is 1. The van der Waals surface area contributed by atoms with E-state index in [-0.39, 0.29) is 5.91 Å². The van der Waals surface area contributed by atoms with Crippen LogP contribution in [0.5, 0.6) is 0 Å². The Morgan fingerprint density at radius 1 is 1.04 bits per heavy atom. The van der Waals surface area contributed by atoms with Gasteiger partial charge >= 0.3 is 0 Å². The second kappa shape index (κ2) is 7.50. The van der Waals surface area contributed by atoms with Crippen LogP contribution < -0.4 is 5.73 Å². The summed E-state index contributed by atoms with van der Waals surface area (Å²) in [6.45, 7) is 3.47. The molecule has 0 saturated carbocycles. The maximum absolute atomic E-state index is 12.6. The summed E-state index contributed by atoms with van der Waals surface area (Å²) < 4.78 is 0. The number of benzene rings is 2. The predicted molar refractivity (Wildman–Crippen MR) is 107 cm³/mol. The van der Waals surface area contributed by atoms with Gasteiger partial charge in [-0.1, -0.05) is 29.8 Å². The number of halogens is 1. The molecule has 1 saturated heterocycles. The SMILES string of the molecule is Nc1nc(CN2CCN(C(=O)c3cccc(Cl)c3)CC2)nc2ccccc12. The van der Waals surface area contributed by atoms with Crippen LogP contribution in [0.4, 0.5) is 5.82 Å². The molecule has 0 aliphatic carbocycles. The Labute approximate surface area is 162 Å². The minimum Gasteiger partial charge on any atom is -0.383 e. The van der Waals surface area contributed by atoms with Crippen molar-refractivity contribution >= 4 is 34.2 Å². The van der Waals surface area contributed by atoms with Gasteiger partial charge in [-0.05, 0) is 30.3 Å². The highest BCUT2D eigenvalue weighted by Crippen LogP contribution is 2.19. The van der Waals surface area contributed by atoms with E-state index in [4.69, 9.17) is 17.3 Å². The zero-order valence-corrected chi connectivity index (χ0v) is 15.6. The molecule has 1 aliphatic rings. The average molecular weight is 382 g/mol. The third kappa shape index (κ3) is 3.86. The maximum Gasteiger partial charge on any atom is 0.253 e. The van der Waals surface area contributed by atoms with Crippen LogP contribution in [-0.2, 0) is 6.54 Å². The van der Waals surface area contributed by atoms with E-state index in [1.165, 1.54) is 0 Å². The minimum absolute atomic E-state index is 0.0170. The number of carbonyl (C=O) groups is 1. The van der Waals surface area contributed by atoms with Crippen LogP contribution in [0, 0.1) is 0 Å². The molecule has 1 amide bonds. The van der Waals surface area contributed by atoms with Gasteiger partial charge in [-0.3, -0.25) is 9.69 Å². The first-order chi connectivity index (χ1) is 13.1. The number of nitrogens with zero attached hydrogens (tertiary/aromatic N) is 4. The highest BCUT2D eigenvalue weighted by molar-refractivity contribution is 6.30. The number of hydrogen-bond acceptors (Lipinski definition) is 5. The van der Waals surface area contributed by atoms with Crippen molar-refractivity contribution in [3.8, 4) is 0 Å². The van der Waals surface area contributed by atoms with E-state index in [1.54, 1.807) is 24.3 Å². The van der Waals surface area contributed by atoms with Crippen molar-refractivity contribution < 1.29 is 4.79 Å². The monoisotopic (exact) mass is 381 g/mol. The Balaban J connectivity index is 1.40. The third-order valence-corrected chi connectivity index (χ3v) is 5.01. The van der Waals surface area contributed by atoms with Gasteiger partial charge in [-0.2, -0.15) is 0 Å². The number of para-hydroxylation sites is 1. The number of aromatic nitrogens is 2. The van der Waals surface area contributed by atoms with Gasteiger partial charge in [0.15, 0.2) is 0 Å². The van der Waals surface area contributed by atoms with Crippen LogP contribution in [0.3, 0.4) is 0 Å². The highest BCUT2D eigenvalue weighted by atomic mass is 35.5. The van der Waals surface area contributed by atoms with E-state index < -0.39 is 0 Å². The second-order valence-corrected chi connectivity index (χ2v) is 7.06. The number of anilines is 1. The van der Waals surface area contributed by atoms with Gasteiger partial charge in [0.2, 0.25) is 0 Å². The van der Waals surface area contributed by atoms with Gasteiger partial charge in [-0.25, -0.2) is 9.97 Å². The molecule has 3 aromatic rings. The van der Waals surface area contributed by atoms with E-state index in [0.717, 1.165) is 24.0 Å². The lowest BCUT2D eigenvalue weighted by atomic mass is 10.2. The fourth-order valence-electron chi connectivity index (χ4n) is 3.33. The molecule has 27 heavy (non-hydrogen) atoms. The summed E-state index contributed by atoms with van der Waals surface area (Å²) in [6, 6.07) is 14.8. The molecular formula is C20H20ClN5O. The molecule has 0 unspecified atom stereocenters. The number of hydrogen-bond donors (Lipinski definition) is 1. The van der Waals surface area contributed by atoms with E-state index >= 15 is 0 Å². The average Bonchev–Trinajstić information content (AvgIpc) is 2.68.